The molecule has 0 saturated heterocycles. The first-order valence-electron chi connectivity index (χ1n) is 9.92. The molecule has 1 atom stereocenters. The normalized spacial score (nSPS) is 12.1. The number of carbonyl (C=O) groups is 1. The largest absolute Gasteiger partial charge is 0.461 e. The van der Waals surface area contributed by atoms with Crippen molar-refractivity contribution in [1.82, 2.24) is 0 Å². The lowest BCUT2D eigenvalue weighted by atomic mass is 10.0. The third kappa shape index (κ3) is 9.05. The SMILES string of the molecule is CCCCCCCCCCCCC(C(=O)OCC)[n+]1ccccc1. The summed E-state index contributed by atoms with van der Waals surface area (Å²) in [6.07, 6.45) is 17.9. The molecule has 3 nitrogen and oxygen atoms in total. The number of rotatable bonds is 14. The van der Waals surface area contributed by atoms with Crippen LogP contribution in [0.25, 0.3) is 0 Å². The fraction of sp³-hybridized carbons (Fsp3) is 0.714. The van der Waals surface area contributed by atoms with Gasteiger partial charge in [-0.25, -0.2) is 4.79 Å². The van der Waals surface area contributed by atoms with E-state index in [1.54, 1.807) is 0 Å². The number of esters is 1. The van der Waals surface area contributed by atoms with Gasteiger partial charge in [-0.1, -0.05) is 70.8 Å². The fourth-order valence-electron chi connectivity index (χ4n) is 3.07. The molecule has 0 aliphatic heterocycles. The Hall–Kier alpha value is -1.38. The van der Waals surface area contributed by atoms with Gasteiger partial charge in [0.15, 0.2) is 12.4 Å². The molecule has 0 aliphatic carbocycles. The van der Waals surface area contributed by atoms with E-state index in [0.29, 0.717) is 6.61 Å². The Balaban J connectivity index is 2.20. The summed E-state index contributed by atoms with van der Waals surface area (Å²) in [5.41, 5.74) is 0. The molecule has 1 unspecified atom stereocenters. The van der Waals surface area contributed by atoms with Crippen molar-refractivity contribution in [3.05, 3.63) is 30.6 Å². The minimum atomic E-state index is -0.180. The van der Waals surface area contributed by atoms with Crippen LogP contribution in [0.4, 0.5) is 0 Å². The van der Waals surface area contributed by atoms with Crippen LogP contribution >= 0.6 is 0 Å². The molecule has 136 valence electrons. The molecule has 0 bridgehead atoms. The van der Waals surface area contributed by atoms with E-state index in [1.165, 1.54) is 57.8 Å². The predicted molar refractivity (Wildman–Crippen MR) is 98.8 cm³/mol. The zero-order valence-corrected chi connectivity index (χ0v) is 15.7. The molecule has 0 saturated carbocycles. The van der Waals surface area contributed by atoms with Crippen molar-refractivity contribution in [2.24, 2.45) is 0 Å². The van der Waals surface area contributed by atoms with E-state index in [-0.39, 0.29) is 12.0 Å². The third-order valence-corrected chi connectivity index (χ3v) is 4.49. The second-order valence-corrected chi connectivity index (χ2v) is 6.56. The average Bonchev–Trinajstić information content (AvgIpc) is 2.60. The summed E-state index contributed by atoms with van der Waals surface area (Å²) in [4.78, 5) is 12.2. The summed E-state index contributed by atoms with van der Waals surface area (Å²) < 4.78 is 7.22. The van der Waals surface area contributed by atoms with Crippen LogP contribution in [0.15, 0.2) is 30.6 Å². The van der Waals surface area contributed by atoms with E-state index < -0.39 is 0 Å². The molecule has 0 aromatic carbocycles. The molecular weight excluding hydrogens is 298 g/mol. The minimum absolute atomic E-state index is 0.107. The molecule has 0 amide bonds. The van der Waals surface area contributed by atoms with Crippen LogP contribution in [0.3, 0.4) is 0 Å². The van der Waals surface area contributed by atoms with Gasteiger partial charge in [0.2, 0.25) is 0 Å². The maximum absolute atomic E-state index is 12.2. The monoisotopic (exact) mass is 334 g/mol. The van der Waals surface area contributed by atoms with E-state index in [2.05, 4.69) is 6.92 Å². The van der Waals surface area contributed by atoms with Crippen molar-refractivity contribution in [2.75, 3.05) is 6.61 Å². The lowest BCUT2D eigenvalue weighted by molar-refractivity contribution is -0.711. The van der Waals surface area contributed by atoms with Gasteiger partial charge in [0.25, 0.3) is 6.04 Å². The van der Waals surface area contributed by atoms with E-state index in [0.717, 1.165) is 12.8 Å². The summed E-state index contributed by atoms with van der Waals surface area (Å²) in [5.74, 6) is -0.107. The van der Waals surface area contributed by atoms with Crippen molar-refractivity contribution in [3.8, 4) is 0 Å². The molecular formula is C21H36NO2+. The van der Waals surface area contributed by atoms with E-state index >= 15 is 0 Å². The standard InChI is InChI=1S/C21H36NO2/c1-3-5-6-7-8-9-10-11-12-14-17-20(21(23)24-4-2)22-18-15-13-16-19-22/h13,15-16,18-20H,3-12,14,17H2,1-2H3/q+1. The van der Waals surface area contributed by atoms with E-state index in [9.17, 15) is 4.79 Å². The van der Waals surface area contributed by atoms with Gasteiger partial charge in [-0.15, -0.1) is 0 Å². The highest BCUT2D eigenvalue weighted by Gasteiger charge is 2.27. The lowest BCUT2D eigenvalue weighted by Crippen LogP contribution is -2.44. The highest BCUT2D eigenvalue weighted by Crippen LogP contribution is 2.15. The van der Waals surface area contributed by atoms with Gasteiger partial charge in [0.1, 0.15) is 0 Å². The van der Waals surface area contributed by atoms with Crippen LogP contribution in [-0.4, -0.2) is 12.6 Å². The molecule has 0 aliphatic rings. The van der Waals surface area contributed by atoms with Crippen LogP contribution in [0.2, 0.25) is 0 Å². The Bertz CT molecular complexity index is 419. The van der Waals surface area contributed by atoms with Crippen molar-refractivity contribution in [1.29, 1.82) is 0 Å². The van der Waals surface area contributed by atoms with Crippen molar-refractivity contribution in [2.45, 2.75) is 90.5 Å². The number of hydrogen-bond donors (Lipinski definition) is 0. The number of pyridine rings is 1. The topological polar surface area (TPSA) is 30.2 Å². The molecule has 0 radical (unpaired) electrons. The second-order valence-electron chi connectivity index (χ2n) is 6.56. The smallest absolute Gasteiger partial charge is 0.375 e. The molecule has 0 N–H and O–H groups in total. The van der Waals surface area contributed by atoms with Crippen LogP contribution in [0.5, 0.6) is 0 Å². The first-order chi connectivity index (χ1) is 11.8. The van der Waals surface area contributed by atoms with Gasteiger partial charge in [0, 0.05) is 18.6 Å². The molecule has 1 aromatic heterocycles. The molecule has 3 heteroatoms. The van der Waals surface area contributed by atoms with E-state index in [1.807, 2.05) is 42.1 Å². The third-order valence-electron chi connectivity index (χ3n) is 4.49. The first-order valence-corrected chi connectivity index (χ1v) is 9.92. The van der Waals surface area contributed by atoms with Gasteiger partial charge in [-0.05, 0) is 13.3 Å². The zero-order valence-electron chi connectivity index (χ0n) is 15.7. The van der Waals surface area contributed by atoms with Crippen LogP contribution in [-0.2, 0) is 9.53 Å². The molecule has 1 heterocycles. The molecule has 1 rings (SSSR count). The van der Waals surface area contributed by atoms with Gasteiger partial charge in [0.05, 0.1) is 6.61 Å². The Morgan fingerprint density at radius 2 is 1.38 bits per heavy atom. The molecule has 24 heavy (non-hydrogen) atoms. The number of unbranched alkanes of at least 4 members (excludes halogenated alkanes) is 9. The van der Waals surface area contributed by atoms with Crippen molar-refractivity contribution < 1.29 is 14.1 Å². The number of ether oxygens (including phenoxy) is 1. The summed E-state index contributed by atoms with van der Waals surface area (Å²) in [7, 11) is 0. The maximum Gasteiger partial charge on any atom is 0.375 e. The Kier molecular flexibility index (Phi) is 12.1. The zero-order chi connectivity index (χ0) is 17.5. The van der Waals surface area contributed by atoms with E-state index in [4.69, 9.17) is 4.74 Å². The summed E-state index contributed by atoms with van der Waals surface area (Å²) in [5, 5.41) is 0. The highest BCUT2D eigenvalue weighted by atomic mass is 16.5. The molecule has 1 aromatic rings. The maximum atomic E-state index is 12.2. The Labute approximate surface area is 148 Å². The number of hydrogen-bond acceptors (Lipinski definition) is 2. The van der Waals surface area contributed by atoms with Gasteiger partial charge >= 0.3 is 5.97 Å². The number of aromatic nitrogens is 1. The fourth-order valence-corrected chi connectivity index (χ4v) is 3.07. The molecule has 0 spiro atoms. The quantitative estimate of drug-likeness (QED) is 0.259. The van der Waals surface area contributed by atoms with Crippen LogP contribution in [0.1, 0.15) is 90.5 Å². The average molecular weight is 335 g/mol. The van der Waals surface area contributed by atoms with Crippen molar-refractivity contribution >= 4 is 5.97 Å². The van der Waals surface area contributed by atoms with Crippen molar-refractivity contribution in [3.63, 3.8) is 0 Å². The summed E-state index contributed by atoms with van der Waals surface area (Å²) in [6, 6.07) is 5.72. The van der Waals surface area contributed by atoms with Crippen LogP contribution < -0.4 is 4.57 Å². The number of nitrogens with zero attached hydrogens (tertiary/aromatic N) is 1. The van der Waals surface area contributed by atoms with Gasteiger partial charge < -0.3 is 4.74 Å². The van der Waals surface area contributed by atoms with Crippen LogP contribution in [0, 0.1) is 0 Å². The lowest BCUT2D eigenvalue weighted by Gasteiger charge is -2.11. The van der Waals surface area contributed by atoms with Gasteiger partial charge in [-0.3, -0.25) is 0 Å². The Morgan fingerprint density at radius 3 is 1.92 bits per heavy atom. The number of carbonyl (C=O) groups excluding carboxylic acids is 1. The van der Waals surface area contributed by atoms with Gasteiger partial charge in [-0.2, -0.15) is 4.57 Å². The minimum Gasteiger partial charge on any atom is -0.461 e. The molecule has 0 fully saturated rings. The second kappa shape index (κ2) is 14.0. The Morgan fingerprint density at radius 1 is 0.833 bits per heavy atom. The first kappa shape index (κ1) is 20.7. The summed E-state index contributed by atoms with van der Waals surface area (Å²) >= 11 is 0. The summed E-state index contributed by atoms with van der Waals surface area (Å²) in [6.45, 7) is 4.57. The predicted octanol–water partition coefficient (Wildman–Crippen LogP) is 5.39. The highest BCUT2D eigenvalue weighted by molar-refractivity contribution is 5.72.